The van der Waals surface area contributed by atoms with Crippen molar-refractivity contribution in [2.24, 2.45) is 5.73 Å². The first kappa shape index (κ1) is 25.0. The molecule has 0 aliphatic carbocycles. The molecule has 32 heavy (non-hydrogen) atoms. The maximum absolute atomic E-state index is 13.3. The number of hydrogen-bond donors (Lipinski definition) is 1. The standard InChI is InChI=1S/C24H36N4O2S2/c1-6-7-11-20-22-26-19(17-10-8-9-12-21(17)30-5)15-27(22)13-14-28(20)23(29)18(25)16-31-32-24(2,3)4/h8-10,12,15,18,20H,6-7,11,13-14,16,25H2,1-5H3/t18-,20-/m0/s1. The van der Waals surface area contributed by atoms with Crippen LogP contribution in [0, 0.1) is 0 Å². The van der Waals surface area contributed by atoms with E-state index in [1.807, 2.05) is 29.2 Å². The van der Waals surface area contributed by atoms with Gasteiger partial charge in [-0.3, -0.25) is 4.79 Å². The highest BCUT2D eigenvalue weighted by Crippen LogP contribution is 2.37. The molecule has 2 heterocycles. The second-order valence-electron chi connectivity index (χ2n) is 9.15. The van der Waals surface area contributed by atoms with Crippen LogP contribution in [-0.4, -0.2) is 50.6 Å². The zero-order valence-electron chi connectivity index (χ0n) is 19.8. The van der Waals surface area contributed by atoms with Gasteiger partial charge in [0.15, 0.2) is 0 Å². The number of methoxy groups -OCH3 is 1. The summed E-state index contributed by atoms with van der Waals surface area (Å²) in [6.45, 7) is 10.1. The van der Waals surface area contributed by atoms with Crippen LogP contribution >= 0.6 is 21.6 Å². The Balaban J connectivity index is 1.82. The van der Waals surface area contributed by atoms with Gasteiger partial charge < -0.3 is 19.9 Å². The van der Waals surface area contributed by atoms with E-state index in [1.165, 1.54) is 0 Å². The zero-order valence-corrected chi connectivity index (χ0v) is 21.5. The molecule has 1 aromatic carbocycles. The van der Waals surface area contributed by atoms with Crippen LogP contribution in [0.2, 0.25) is 0 Å². The van der Waals surface area contributed by atoms with Crippen LogP contribution in [0.25, 0.3) is 11.3 Å². The van der Waals surface area contributed by atoms with Crippen LogP contribution in [0.3, 0.4) is 0 Å². The zero-order chi connectivity index (χ0) is 23.3. The number of ether oxygens (including phenoxy) is 1. The van der Waals surface area contributed by atoms with Crippen molar-refractivity contribution < 1.29 is 9.53 Å². The minimum Gasteiger partial charge on any atom is -0.496 e. The lowest BCUT2D eigenvalue weighted by molar-refractivity contribution is -0.136. The molecule has 1 aromatic heterocycles. The number of unbranched alkanes of at least 4 members (excludes halogenated alkanes) is 1. The van der Waals surface area contributed by atoms with Crippen molar-refractivity contribution in [2.75, 3.05) is 19.4 Å². The third-order valence-corrected chi connectivity index (χ3v) is 8.81. The van der Waals surface area contributed by atoms with Crippen LogP contribution in [0.4, 0.5) is 0 Å². The van der Waals surface area contributed by atoms with E-state index in [-0.39, 0.29) is 16.7 Å². The molecule has 0 bridgehead atoms. The van der Waals surface area contributed by atoms with E-state index in [9.17, 15) is 4.79 Å². The number of benzene rings is 1. The fourth-order valence-electron chi connectivity index (χ4n) is 3.89. The Hall–Kier alpha value is -1.64. The fourth-order valence-corrected chi connectivity index (χ4v) is 6.30. The van der Waals surface area contributed by atoms with E-state index in [2.05, 4.69) is 38.5 Å². The lowest BCUT2D eigenvalue weighted by Crippen LogP contribution is -2.50. The minimum absolute atomic E-state index is 0.0289. The summed E-state index contributed by atoms with van der Waals surface area (Å²) in [7, 11) is 5.13. The van der Waals surface area contributed by atoms with Crippen LogP contribution in [0.15, 0.2) is 30.5 Å². The van der Waals surface area contributed by atoms with Gasteiger partial charge in [-0.2, -0.15) is 0 Å². The summed E-state index contributed by atoms with van der Waals surface area (Å²) in [6, 6.07) is 7.37. The molecule has 1 aliphatic heterocycles. The molecule has 0 radical (unpaired) electrons. The van der Waals surface area contributed by atoms with Gasteiger partial charge in [0, 0.05) is 35.3 Å². The first-order valence-electron chi connectivity index (χ1n) is 11.3. The summed E-state index contributed by atoms with van der Waals surface area (Å²) in [5.41, 5.74) is 8.21. The molecule has 1 amide bonds. The Labute approximate surface area is 200 Å². The van der Waals surface area contributed by atoms with Gasteiger partial charge in [-0.05, 0) is 18.6 Å². The lowest BCUT2D eigenvalue weighted by Gasteiger charge is -2.37. The van der Waals surface area contributed by atoms with E-state index in [0.717, 1.165) is 48.6 Å². The quantitative estimate of drug-likeness (QED) is 0.505. The Bertz CT molecular complexity index is 910. The fraction of sp³-hybridized carbons (Fsp3) is 0.583. The number of carbonyl (C=O) groups is 1. The van der Waals surface area contributed by atoms with E-state index in [0.29, 0.717) is 12.3 Å². The number of imidazole rings is 1. The summed E-state index contributed by atoms with van der Waals surface area (Å²) in [6.07, 6.45) is 5.09. The topological polar surface area (TPSA) is 73.4 Å². The second-order valence-corrected chi connectivity index (χ2v) is 12.3. The summed E-state index contributed by atoms with van der Waals surface area (Å²) < 4.78 is 7.88. The highest BCUT2D eigenvalue weighted by molar-refractivity contribution is 8.77. The smallest absolute Gasteiger partial charge is 0.241 e. The average Bonchev–Trinajstić information content (AvgIpc) is 3.20. The first-order valence-corrected chi connectivity index (χ1v) is 13.6. The van der Waals surface area contributed by atoms with Crippen molar-refractivity contribution in [1.82, 2.24) is 14.5 Å². The number of aromatic nitrogens is 2. The van der Waals surface area contributed by atoms with E-state index >= 15 is 0 Å². The lowest BCUT2D eigenvalue weighted by atomic mass is 10.0. The van der Waals surface area contributed by atoms with Crippen molar-refractivity contribution in [2.45, 2.75) is 70.3 Å². The molecule has 3 rings (SSSR count). The summed E-state index contributed by atoms with van der Waals surface area (Å²) >= 11 is 0. The van der Waals surface area contributed by atoms with Gasteiger partial charge in [-0.15, -0.1) is 0 Å². The molecule has 176 valence electrons. The largest absolute Gasteiger partial charge is 0.496 e. The first-order chi connectivity index (χ1) is 15.2. The molecule has 6 nitrogen and oxygen atoms in total. The van der Waals surface area contributed by atoms with Gasteiger partial charge >= 0.3 is 0 Å². The molecule has 2 atom stereocenters. The third kappa shape index (κ3) is 6.02. The van der Waals surface area contributed by atoms with Gasteiger partial charge in [0.2, 0.25) is 5.91 Å². The molecule has 0 unspecified atom stereocenters. The molecule has 0 saturated heterocycles. The molecule has 0 fully saturated rings. The Morgan fingerprint density at radius 1 is 1.31 bits per heavy atom. The molecule has 2 aromatic rings. The number of hydrogen-bond acceptors (Lipinski definition) is 6. The van der Waals surface area contributed by atoms with Gasteiger partial charge in [-0.25, -0.2) is 4.98 Å². The van der Waals surface area contributed by atoms with Crippen molar-refractivity contribution in [1.29, 1.82) is 0 Å². The number of carbonyl (C=O) groups excluding carboxylic acids is 1. The van der Waals surface area contributed by atoms with E-state index in [1.54, 1.807) is 28.7 Å². The Kier molecular flexibility index (Phi) is 8.58. The number of nitrogens with two attached hydrogens (primary N) is 1. The van der Waals surface area contributed by atoms with Crippen molar-refractivity contribution >= 4 is 27.5 Å². The highest BCUT2D eigenvalue weighted by atomic mass is 33.1. The number of rotatable bonds is 9. The predicted octanol–water partition coefficient (Wildman–Crippen LogP) is 5.14. The average molecular weight is 477 g/mol. The van der Waals surface area contributed by atoms with Gasteiger partial charge in [0.05, 0.1) is 24.9 Å². The van der Waals surface area contributed by atoms with E-state index < -0.39 is 6.04 Å². The molecule has 8 heteroatoms. The molecule has 0 spiro atoms. The minimum atomic E-state index is -0.505. The van der Waals surface area contributed by atoms with Crippen LogP contribution in [-0.2, 0) is 11.3 Å². The monoisotopic (exact) mass is 476 g/mol. The Morgan fingerprint density at radius 2 is 2.06 bits per heavy atom. The van der Waals surface area contributed by atoms with Crippen LogP contribution < -0.4 is 10.5 Å². The van der Waals surface area contributed by atoms with Crippen LogP contribution in [0.1, 0.15) is 58.8 Å². The normalized spacial score (nSPS) is 17.2. The number of fused-ring (bicyclic) bond motifs is 1. The number of para-hydroxylation sites is 1. The van der Waals surface area contributed by atoms with Gasteiger partial charge in [0.1, 0.15) is 11.6 Å². The molecular weight excluding hydrogens is 440 g/mol. The highest BCUT2D eigenvalue weighted by Gasteiger charge is 2.35. The van der Waals surface area contributed by atoms with E-state index in [4.69, 9.17) is 15.5 Å². The van der Waals surface area contributed by atoms with Gasteiger partial charge in [0.25, 0.3) is 0 Å². The third-order valence-electron chi connectivity index (χ3n) is 5.43. The van der Waals surface area contributed by atoms with Gasteiger partial charge in [-0.1, -0.05) is 74.3 Å². The summed E-state index contributed by atoms with van der Waals surface area (Å²) in [4.78, 5) is 20.3. The molecule has 2 N–H and O–H groups in total. The van der Waals surface area contributed by atoms with Crippen LogP contribution in [0.5, 0.6) is 5.75 Å². The maximum atomic E-state index is 13.3. The van der Waals surface area contributed by atoms with Crippen molar-refractivity contribution in [3.05, 3.63) is 36.3 Å². The SMILES string of the molecule is CCCC[C@H]1c2nc(-c3ccccc3OC)cn2CCN1C(=O)[C@@H](N)CSSC(C)(C)C. The number of nitrogens with zero attached hydrogens (tertiary/aromatic N) is 3. The van der Waals surface area contributed by atoms with Crippen molar-refractivity contribution in [3.63, 3.8) is 0 Å². The predicted molar refractivity (Wildman–Crippen MR) is 136 cm³/mol. The second kappa shape index (κ2) is 11.0. The molecule has 0 saturated carbocycles. The Morgan fingerprint density at radius 3 is 2.75 bits per heavy atom. The summed E-state index contributed by atoms with van der Waals surface area (Å²) in [5, 5.41) is 0. The van der Waals surface area contributed by atoms with Crippen molar-refractivity contribution in [3.8, 4) is 17.0 Å². The summed E-state index contributed by atoms with van der Waals surface area (Å²) in [5.74, 6) is 2.39. The number of amides is 1. The molecule has 1 aliphatic rings. The molecular formula is C24H36N4O2S2. The maximum Gasteiger partial charge on any atom is 0.241 e.